The number of carbonyl (C=O) groups excluding carboxylic acids is 1. The van der Waals surface area contributed by atoms with Crippen molar-refractivity contribution in [1.29, 1.82) is 0 Å². The van der Waals surface area contributed by atoms with E-state index in [9.17, 15) is 9.59 Å². The lowest BCUT2D eigenvalue weighted by Crippen LogP contribution is -2.33. The molecule has 11 heteroatoms. The number of esters is 1. The van der Waals surface area contributed by atoms with Crippen LogP contribution in [0.2, 0.25) is 20.1 Å². The fourth-order valence-corrected chi connectivity index (χ4v) is 5.95. The largest absolute Gasteiger partial charge is 0.478 e. The highest BCUT2D eigenvalue weighted by atomic mass is 79.9. The summed E-state index contributed by atoms with van der Waals surface area (Å²) >= 11 is 33.9. The maximum absolute atomic E-state index is 12.4. The first kappa shape index (κ1) is 22.8. The molecule has 1 aromatic carbocycles. The van der Waals surface area contributed by atoms with Crippen LogP contribution in [0, 0.1) is 5.41 Å². The zero-order chi connectivity index (χ0) is 18.7. The van der Waals surface area contributed by atoms with Gasteiger partial charge in [-0.2, -0.15) is 0 Å². The molecule has 0 aliphatic rings. The average Bonchev–Trinajstić information content (AvgIpc) is 2.55. The molecule has 4 nitrogen and oxygen atoms in total. The van der Waals surface area contributed by atoms with Crippen molar-refractivity contribution in [2.24, 2.45) is 5.41 Å². The quantitative estimate of drug-likeness (QED) is 0.223. The topological polar surface area (TPSA) is 63.6 Å². The third-order valence-corrected chi connectivity index (χ3v) is 8.32. The maximum atomic E-state index is 12.4. The molecule has 1 rings (SSSR count). The van der Waals surface area contributed by atoms with E-state index in [-0.39, 0.29) is 37.7 Å². The van der Waals surface area contributed by atoms with Gasteiger partial charge in [0.25, 0.3) is 0 Å². The zero-order valence-electron chi connectivity index (χ0n) is 11.6. The van der Waals surface area contributed by atoms with Gasteiger partial charge in [0.15, 0.2) is 0 Å². The monoisotopic (exact) mass is 606 g/mol. The minimum Gasteiger partial charge on any atom is -0.478 e. The van der Waals surface area contributed by atoms with Crippen LogP contribution >= 0.6 is 94.2 Å². The zero-order valence-corrected chi connectivity index (χ0v) is 19.4. The van der Waals surface area contributed by atoms with Crippen molar-refractivity contribution in [2.45, 2.75) is 0 Å². The number of carboxylic acids is 1. The summed E-state index contributed by atoms with van der Waals surface area (Å²) in [5.74, 6) is -2.26. The molecule has 0 aliphatic heterocycles. The van der Waals surface area contributed by atoms with Crippen LogP contribution in [0.1, 0.15) is 20.7 Å². The highest BCUT2D eigenvalue weighted by Gasteiger charge is 2.32. The molecule has 0 saturated heterocycles. The van der Waals surface area contributed by atoms with Gasteiger partial charge in [-0.05, 0) is 0 Å². The SMILES string of the molecule is O=C(O)c1c(Cl)c(Cl)c(C(=O)OCC(CBr)(CBr)CBr)c(Cl)c1Cl. The van der Waals surface area contributed by atoms with Gasteiger partial charge in [0.2, 0.25) is 0 Å². The molecule has 0 bridgehead atoms. The van der Waals surface area contributed by atoms with Crippen molar-refractivity contribution < 1.29 is 19.4 Å². The summed E-state index contributed by atoms with van der Waals surface area (Å²) < 4.78 is 5.28. The number of ether oxygens (including phenoxy) is 1. The Morgan fingerprint density at radius 2 is 1.25 bits per heavy atom. The minimum absolute atomic E-state index is 0.0517. The van der Waals surface area contributed by atoms with Crippen LogP contribution in [0.15, 0.2) is 0 Å². The molecule has 0 aliphatic carbocycles. The fourth-order valence-electron chi connectivity index (χ4n) is 1.51. The van der Waals surface area contributed by atoms with Crippen molar-refractivity contribution >= 4 is 106 Å². The second-order valence-electron chi connectivity index (χ2n) is 4.79. The number of benzene rings is 1. The van der Waals surface area contributed by atoms with Crippen LogP contribution in [0.5, 0.6) is 0 Å². The fraction of sp³-hybridized carbons (Fsp3) is 0.385. The number of carbonyl (C=O) groups is 2. The molecule has 0 aromatic heterocycles. The summed E-state index contributed by atoms with van der Waals surface area (Å²) in [6.45, 7) is 0.0517. The van der Waals surface area contributed by atoms with Gasteiger partial charge in [-0.15, -0.1) is 0 Å². The van der Waals surface area contributed by atoms with Gasteiger partial charge < -0.3 is 9.84 Å². The van der Waals surface area contributed by atoms with Gasteiger partial charge in [-0.1, -0.05) is 94.2 Å². The lowest BCUT2D eigenvalue weighted by Gasteiger charge is -2.27. The van der Waals surface area contributed by atoms with E-state index < -0.39 is 17.5 Å². The second kappa shape index (κ2) is 9.62. The van der Waals surface area contributed by atoms with Crippen LogP contribution in [-0.2, 0) is 4.74 Å². The predicted molar refractivity (Wildman–Crippen MR) is 108 cm³/mol. The Morgan fingerprint density at radius 1 is 0.875 bits per heavy atom. The van der Waals surface area contributed by atoms with E-state index in [1.165, 1.54) is 0 Å². The van der Waals surface area contributed by atoms with Crippen LogP contribution in [-0.4, -0.2) is 39.6 Å². The van der Waals surface area contributed by atoms with Gasteiger partial charge >= 0.3 is 11.9 Å². The summed E-state index contributed by atoms with van der Waals surface area (Å²) in [4.78, 5) is 23.5. The number of hydrogen-bond acceptors (Lipinski definition) is 3. The van der Waals surface area contributed by atoms with Crippen LogP contribution in [0.25, 0.3) is 0 Å². The highest BCUT2D eigenvalue weighted by molar-refractivity contribution is 9.10. The van der Waals surface area contributed by atoms with E-state index >= 15 is 0 Å². The van der Waals surface area contributed by atoms with E-state index in [2.05, 4.69) is 47.8 Å². The summed E-state index contributed by atoms with van der Waals surface area (Å²) in [6, 6.07) is 0. The number of hydrogen-bond donors (Lipinski definition) is 1. The van der Waals surface area contributed by atoms with Gasteiger partial charge in [0.1, 0.15) is 0 Å². The molecule has 0 heterocycles. The third kappa shape index (κ3) is 4.72. The first-order chi connectivity index (χ1) is 11.2. The number of halogens is 7. The first-order valence-corrected chi connectivity index (χ1v) is 11.0. The van der Waals surface area contributed by atoms with Gasteiger partial charge in [-0.25, -0.2) is 9.59 Å². The number of carboxylic acid groups (broad SMARTS) is 1. The minimum atomic E-state index is -1.41. The van der Waals surface area contributed by atoms with E-state index in [0.29, 0.717) is 16.0 Å². The van der Waals surface area contributed by atoms with Crippen molar-refractivity contribution in [3.63, 3.8) is 0 Å². The van der Waals surface area contributed by atoms with Crippen molar-refractivity contribution in [3.8, 4) is 0 Å². The molecule has 1 N–H and O–H groups in total. The Balaban J connectivity index is 3.24. The lowest BCUT2D eigenvalue weighted by molar-refractivity contribution is 0.0388. The summed E-state index contributed by atoms with van der Waals surface area (Å²) in [6.07, 6.45) is 0. The maximum Gasteiger partial charge on any atom is 0.341 e. The number of aromatic carboxylic acids is 1. The molecule has 134 valence electrons. The Labute approximate surface area is 183 Å². The van der Waals surface area contributed by atoms with Gasteiger partial charge in [0.05, 0.1) is 37.8 Å². The molecular weight excluding hydrogens is 602 g/mol. The molecule has 24 heavy (non-hydrogen) atoms. The molecule has 0 radical (unpaired) electrons. The summed E-state index contributed by atoms with van der Waals surface area (Å²) in [7, 11) is 0. The normalized spacial score (nSPS) is 11.5. The van der Waals surface area contributed by atoms with Crippen LogP contribution in [0.4, 0.5) is 0 Å². The second-order valence-corrected chi connectivity index (χ2v) is 7.98. The Hall–Kier alpha value is 0.760. The number of rotatable bonds is 7. The Bertz CT molecular complexity index is 628. The van der Waals surface area contributed by atoms with Crippen molar-refractivity contribution in [1.82, 2.24) is 0 Å². The van der Waals surface area contributed by atoms with E-state index in [1.54, 1.807) is 0 Å². The Morgan fingerprint density at radius 3 is 1.58 bits per heavy atom. The molecule has 0 amide bonds. The molecule has 0 unspecified atom stereocenters. The van der Waals surface area contributed by atoms with Crippen molar-refractivity contribution in [2.75, 3.05) is 22.6 Å². The molecule has 0 atom stereocenters. The summed E-state index contributed by atoms with van der Waals surface area (Å²) in [5.41, 5.74) is -1.13. The van der Waals surface area contributed by atoms with Crippen LogP contribution in [0.3, 0.4) is 0 Å². The lowest BCUT2D eigenvalue weighted by atomic mass is 9.98. The average molecular weight is 611 g/mol. The highest BCUT2D eigenvalue weighted by Crippen LogP contribution is 2.41. The molecular formula is C13H9Br3Cl4O4. The molecule has 1 aromatic rings. The molecule has 0 saturated carbocycles. The van der Waals surface area contributed by atoms with Gasteiger partial charge in [-0.3, -0.25) is 0 Å². The first-order valence-electron chi connectivity index (χ1n) is 6.10. The van der Waals surface area contributed by atoms with E-state index in [4.69, 9.17) is 56.2 Å². The predicted octanol–water partition coefficient (Wildman–Crippen LogP) is 6.33. The third-order valence-electron chi connectivity index (χ3n) is 3.04. The molecule has 0 spiro atoms. The van der Waals surface area contributed by atoms with Crippen molar-refractivity contribution in [3.05, 3.63) is 31.2 Å². The van der Waals surface area contributed by atoms with E-state index in [1.807, 2.05) is 0 Å². The molecule has 0 fully saturated rings. The van der Waals surface area contributed by atoms with Gasteiger partial charge in [0, 0.05) is 21.4 Å². The standard InChI is InChI=1S/C13H9Br3Cl4O4/c14-1-13(2-15,3-16)4-24-12(23)6-9(19)7(17)5(11(21)22)8(18)10(6)20/h1-4H2,(H,21,22). The summed E-state index contributed by atoms with van der Waals surface area (Å²) in [5, 5.41) is 9.39. The van der Waals surface area contributed by atoms with Crippen LogP contribution < -0.4 is 0 Å². The Kier molecular flexibility index (Phi) is 9.14. The van der Waals surface area contributed by atoms with E-state index in [0.717, 1.165) is 0 Å². The smallest absolute Gasteiger partial charge is 0.341 e. The number of alkyl halides is 3.